The van der Waals surface area contributed by atoms with Crippen molar-refractivity contribution in [3.8, 4) is 0 Å². The third kappa shape index (κ3) is 7.61. The summed E-state index contributed by atoms with van der Waals surface area (Å²) in [6, 6.07) is 11.7. The van der Waals surface area contributed by atoms with Crippen LogP contribution >= 0.6 is 0 Å². The van der Waals surface area contributed by atoms with E-state index in [1.807, 2.05) is 55.1 Å². The van der Waals surface area contributed by atoms with Gasteiger partial charge >= 0.3 is 0 Å². The number of hydrogen-bond donors (Lipinski definition) is 1. The van der Waals surface area contributed by atoms with E-state index in [0.29, 0.717) is 6.54 Å². The Kier molecular flexibility index (Phi) is 10.1. The summed E-state index contributed by atoms with van der Waals surface area (Å²) in [5.74, 6) is 0. The zero-order valence-electron chi connectivity index (χ0n) is 11.5. The maximum Gasteiger partial charge on any atom is 0.0959 e. The second-order valence-corrected chi connectivity index (χ2v) is 4.08. The summed E-state index contributed by atoms with van der Waals surface area (Å²) in [6.45, 7) is 5.63. The molecule has 4 nitrogen and oxygen atoms in total. The molecule has 0 unspecified atom stereocenters. The summed E-state index contributed by atoms with van der Waals surface area (Å²) in [4.78, 5) is 10.0. The van der Waals surface area contributed by atoms with Gasteiger partial charge in [0.25, 0.3) is 0 Å². The quantitative estimate of drug-likeness (QED) is 0.872. The van der Waals surface area contributed by atoms with Gasteiger partial charge in [0.15, 0.2) is 0 Å². The van der Waals surface area contributed by atoms with Gasteiger partial charge in [0.2, 0.25) is 0 Å². The van der Waals surface area contributed by atoms with Crippen molar-refractivity contribution in [2.24, 2.45) is 0 Å². The monoisotopic (exact) mass is 275 g/mol. The number of pyridine rings is 2. The van der Waals surface area contributed by atoms with Crippen LogP contribution in [0.2, 0.25) is 0 Å². The fourth-order valence-electron chi connectivity index (χ4n) is 1.43. The maximum absolute atomic E-state index is 8.89. The summed E-state index contributed by atoms with van der Waals surface area (Å²) in [6.07, 6.45) is 3.55. The summed E-state index contributed by atoms with van der Waals surface area (Å²) in [5, 5.41) is 8.89. The third-order valence-electron chi connectivity index (χ3n) is 2.57. The van der Waals surface area contributed by atoms with E-state index < -0.39 is 0 Å². The molecule has 0 amide bonds. The molecule has 2 heterocycles. The minimum absolute atomic E-state index is 0. The zero-order valence-corrected chi connectivity index (χ0v) is 11.5. The van der Waals surface area contributed by atoms with Gasteiger partial charge in [-0.05, 0) is 37.7 Å². The molecule has 0 saturated heterocycles. The Hall–Kier alpha value is -1.78. The van der Waals surface area contributed by atoms with Crippen LogP contribution in [-0.2, 0) is 6.54 Å². The van der Waals surface area contributed by atoms with Crippen molar-refractivity contribution in [3.05, 3.63) is 60.2 Å². The van der Waals surface area contributed by atoms with Crippen LogP contribution in [0.1, 0.15) is 25.7 Å². The second-order valence-electron chi connectivity index (χ2n) is 4.08. The molecule has 0 fully saturated rings. The summed E-state index contributed by atoms with van der Waals surface area (Å²) in [5.41, 5.74) is 2.07. The van der Waals surface area contributed by atoms with Crippen LogP contribution < -0.4 is 0 Å². The molecule has 0 aliphatic carbocycles. The fraction of sp³-hybridized carbons (Fsp3) is 0.375. The van der Waals surface area contributed by atoms with Crippen molar-refractivity contribution in [2.75, 3.05) is 13.3 Å². The number of aryl methyl sites for hydroxylation is 1. The van der Waals surface area contributed by atoms with Gasteiger partial charge in [0, 0.05) is 24.6 Å². The Balaban J connectivity index is 0.000000387. The number of aliphatic hydroxyl groups is 1. The number of hydrogen-bond acceptors (Lipinski definition) is 4. The lowest BCUT2D eigenvalue weighted by Gasteiger charge is -2.15. The molecule has 2 aromatic heterocycles. The molecule has 0 aromatic carbocycles. The molecule has 0 radical (unpaired) electrons. The average molecular weight is 275 g/mol. The van der Waals surface area contributed by atoms with E-state index in [4.69, 9.17) is 5.11 Å². The van der Waals surface area contributed by atoms with Crippen molar-refractivity contribution in [2.45, 2.75) is 27.8 Å². The first-order valence-electron chi connectivity index (χ1n) is 6.37. The minimum atomic E-state index is 0. The molecule has 0 spiro atoms. The van der Waals surface area contributed by atoms with Crippen LogP contribution in [0, 0.1) is 6.92 Å². The molecule has 2 aromatic rings. The van der Waals surface area contributed by atoms with Crippen molar-refractivity contribution >= 4 is 0 Å². The molecular formula is C16H25N3O. The maximum atomic E-state index is 8.89. The molecule has 0 saturated carbocycles. The van der Waals surface area contributed by atoms with Gasteiger partial charge in [0.05, 0.1) is 12.4 Å². The molecule has 0 atom stereocenters. The predicted molar refractivity (Wildman–Crippen MR) is 83.1 cm³/mol. The topological polar surface area (TPSA) is 49.2 Å². The van der Waals surface area contributed by atoms with Crippen molar-refractivity contribution in [3.63, 3.8) is 0 Å². The highest BCUT2D eigenvalue weighted by molar-refractivity contribution is 5.03. The van der Waals surface area contributed by atoms with E-state index in [9.17, 15) is 0 Å². The SMILES string of the molecule is C.CCN(CO)Cc1ccccn1.Cc1ccccn1. The highest BCUT2D eigenvalue weighted by Crippen LogP contribution is 1.98. The van der Waals surface area contributed by atoms with Gasteiger partial charge in [-0.3, -0.25) is 14.9 Å². The summed E-state index contributed by atoms with van der Waals surface area (Å²) < 4.78 is 0. The highest BCUT2D eigenvalue weighted by atomic mass is 16.3. The van der Waals surface area contributed by atoms with E-state index in [1.54, 1.807) is 12.4 Å². The van der Waals surface area contributed by atoms with Gasteiger partial charge in [-0.1, -0.05) is 26.5 Å². The molecule has 110 valence electrons. The molecular weight excluding hydrogens is 250 g/mol. The largest absolute Gasteiger partial charge is 0.381 e. The number of aliphatic hydroxyl groups excluding tert-OH is 1. The van der Waals surface area contributed by atoms with E-state index >= 15 is 0 Å². The summed E-state index contributed by atoms with van der Waals surface area (Å²) >= 11 is 0. The number of nitrogens with zero attached hydrogens (tertiary/aromatic N) is 3. The fourth-order valence-corrected chi connectivity index (χ4v) is 1.43. The van der Waals surface area contributed by atoms with Crippen LogP contribution in [-0.4, -0.2) is 33.2 Å². The van der Waals surface area contributed by atoms with Gasteiger partial charge in [-0.2, -0.15) is 0 Å². The van der Waals surface area contributed by atoms with E-state index in [-0.39, 0.29) is 14.2 Å². The molecule has 2 rings (SSSR count). The lowest BCUT2D eigenvalue weighted by Crippen LogP contribution is -2.24. The van der Waals surface area contributed by atoms with Crippen molar-refractivity contribution in [1.82, 2.24) is 14.9 Å². The second kappa shape index (κ2) is 11.1. The van der Waals surface area contributed by atoms with E-state index in [1.165, 1.54) is 0 Å². The van der Waals surface area contributed by atoms with E-state index in [0.717, 1.165) is 17.9 Å². The van der Waals surface area contributed by atoms with Crippen LogP contribution in [0.4, 0.5) is 0 Å². The number of rotatable bonds is 4. The van der Waals surface area contributed by atoms with Gasteiger partial charge in [-0.25, -0.2) is 0 Å². The van der Waals surface area contributed by atoms with Gasteiger partial charge in [0.1, 0.15) is 0 Å². The smallest absolute Gasteiger partial charge is 0.0959 e. The molecule has 0 bridgehead atoms. The lowest BCUT2D eigenvalue weighted by atomic mass is 10.3. The van der Waals surface area contributed by atoms with Gasteiger partial charge < -0.3 is 5.11 Å². The highest BCUT2D eigenvalue weighted by Gasteiger charge is 2.00. The molecule has 0 aliphatic rings. The Morgan fingerprint density at radius 3 is 2.05 bits per heavy atom. The zero-order chi connectivity index (χ0) is 13.9. The van der Waals surface area contributed by atoms with Crippen molar-refractivity contribution in [1.29, 1.82) is 0 Å². The minimum Gasteiger partial charge on any atom is -0.381 e. The van der Waals surface area contributed by atoms with Crippen LogP contribution in [0.15, 0.2) is 48.8 Å². The van der Waals surface area contributed by atoms with Crippen LogP contribution in [0.25, 0.3) is 0 Å². The Bertz CT molecular complexity index is 430. The molecule has 0 aliphatic heterocycles. The first kappa shape index (κ1) is 18.2. The predicted octanol–water partition coefficient (Wildman–Crippen LogP) is 2.88. The third-order valence-corrected chi connectivity index (χ3v) is 2.57. The Morgan fingerprint density at radius 2 is 1.70 bits per heavy atom. The summed E-state index contributed by atoms with van der Waals surface area (Å²) in [7, 11) is 0. The Labute approximate surface area is 122 Å². The van der Waals surface area contributed by atoms with E-state index in [2.05, 4.69) is 9.97 Å². The first-order valence-corrected chi connectivity index (χ1v) is 6.37. The van der Waals surface area contributed by atoms with Gasteiger partial charge in [-0.15, -0.1) is 0 Å². The molecule has 4 heteroatoms. The molecule has 20 heavy (non-hydrogen) atoms. The standard InChI is InChI=1S/C9H14N2O.C6H7N.CH4/c1-2-11(8-12)7-9-5-3-4-6-10-9;1-6-4-2-3-5-7-6;/h3-6,12H,2,7-8H2,1H3;2-5H,1H3;1H4. The molecule has 1 N–H and O–H groups in total. The first-order chi connectivity index (χ1) is 9.26. The Morgan fingerprint density at radius 1 is 1.05 bits per heavy atom. The number of aromatic nitrogens is 2. The normalized spacial score (nSPS) is 9.40. The van der Waals surface area contributed by atoms with Crippen molar-refractivity contribution < 1.29 is 5.11 Å². The lowest BCUT2D eigenvalue weighted by molar-refractivity contribution is 0.105. The van der Waals surface area contributed by atoms with Crippen LogP contribution in [0.3, 0.4) is 0 Å². The van der Waals surface area contributed by atoms with Crippen LogP contribution in [0.5, 0.6) is 0 Å². The average Bonchev–Trinajstić information content (AvgIpc) is 2.47.